The van der Waals surface area contributed by atoms with Crippen LogP contribution in [0.25, 0.3) is 0 Å². The van der Waals surface area contributed by atoms with E-state index < -0.39 is 11.4 Å². The number of rotatable bonds is 3. The van der Waals surface area contributed by atoms with E-state index in [4.69, 9.17) is 14.6 Å². The Hall–Kier alpha value is -1.23. The van der Waals surface area contributed by atoms with Crippen molar-refractivity contribution in [1.29, 1.82) is 0 Å². The van der Waals surface area contributed by atoms with Gasteiger partial charge in [0.2, 0.25) is 6.79 Å². The molecule has 1 heterocycles. The molecular weight excluding hydrogens is 288 g/mol. The van der Waals surface area contributed by atoms with Crippen molar-refractivity contribution in [2.45, 2.75) is 25.7 Å². The van der Waals surface area contributed by atoms with Gasteiger partial charge in [0.15, 0.2) is 11.5 Å². The smallest absolute Gasteiger partial charge is 0.304 e. The number of fused-ring (bicyclic) bond motifs is 1. The van der Waals surface area contributed by atoms with E-state index in [9.17, 15) is 4.79 Å². The van der Waals surface area contributed by atoms with Crippen LogP contribution in [-0.4, -0.2) is 17.9 Å². The van der Waals surface area contributed by atoms with Crippen molar-refractivity contribution in [2.75, 3.05) is 6.79 Å². The summed E-state index contributed by atoms with van der Waals surface area (Å²) in [5, 5.41) is 8.92. The molecule has 1 N–H and O–H groups in total. The predicted molar refractivity (Wildman–Crippen MR) is 65.5 cm³/mol. The minimum absolute atomic E-state index is 0.0608. The molecule has 0 atom stereocenters. The molecule has 0 spiro atoms. The third-order valence-electron chi connectivity index (χ3n) is 2.80. The van der Waals surface area contributed by atoms with Crippen molar-refractivity contribution < 1.29 is 19.4 Å². The molecule has 0 aromatic heterocycles. The van der Waals surface area contributed by atoms with Crippen LogP contribution in [-0.2, 0) is 10.2 Å². The van der Waals surface area contributed by atoms with Gasteiger partial charge in [-0.3, -0.25) is 4.79 Å². The number of ether oxygens (including phenoxy) is 2. The van der Waals surface area contributed by atoms with Gasteiger partial charge in [0, 0.05) is 5.41 Å². The Morgan fingerprint density at radius 1 is 1.47 bits per heavy atom. The first-order valence-electron chi connectivity index (χ1n) is 5.22. The number of hydrogen-bond donors (Lipinski definition) is 1. The van der Waals surface area contributed by atoms with Crippen molar-refractivity contribution in [3.63, 3.8) is 0 Å². The molecule has 0 unspecified atom stereocenters. The minimum Gasteiger partial charge on any atom is -0.481 e. The van der Waals surface area contributed by atoms with Crippen molar-refractivity contribution >= 4 is 21.9 Å². The molecule has 1 aromatic rings. The molecule has 17 heavy (non-hydrogen) atoms. The highest BCUT2D eigenvalue weighted by molar-refractivity contribution is 9.10. The van der Waals surface area contributed by atoms with Gasteiger partial charge in [-0.2, -0.15) is 0 Å². The highest BCUT2D eigenvalue weighted by Gasteiger charge is 2.30. The van der Waals surface area contributed by atoms with Crippen LogP contribution in [0.3, 0.4) is 0 Å². The van der Waals surface area contributed by atoms with Crippen molar-refractivity contribution in [1.82, 2.24) is 0 Å². The highest BCUT2D eigenvalue weighted by Crippen LogP contribution is 2.45. The van der Waals surface area contributed by atoms with Gasteiger partial charge >= 0.3 is 5.97 Å². The summed E-state index contributed by atoms with van der Waals surface area (Å²) in [4.78, 5) is 10.9. The van der Waals surface area contributed by atoms with E-state index in [2.05, 4.69) is 15.9 Å². The number of halogens is 1. The lowest BCUT2D eigenvalue weighted by atomic mass is 9.81. The zero-order valence-electron chi connectivity index (χ0n) is 9.62. The van der Waals surface area contributed by atoms with Crippen LogP contribution < -0.4 is 9.47 Å². The molecular formula is C12H13BrO4. The average molecular weight is 301 g/mol. The van der Waals surface area contributed by atoms with Crippen LogP contribution in [0.15, 0.2) is 16.6 Å². The Bertz CT molecular complexity index is 468. The zero-order chi connectivity index (χ0) is 12.6. The molecule has 0 aliphatic carbocycles. The first kappa shape index (κ1) is 12.2. The van der Waals surface area contributed by atoms with Crippen molar-refractivity contribution in [3.05, 3.63) is 22.2 Å². The lowest BCUT2D eigenvalue weighted by molar-refractivity contribution is -0.138. The lowest BCUT2D eigenvalue weighted by Crippen LogP contribution is -2.22. The van der Waals surface area contributed by atoms with Crippen LogP contribution in [0.4, 0.5) is 0 Å². The molecule has 4 nitrogen and oxygen atoms in total. The molecule has 92 valence electrons. The average Bonchev–Trinajstić information content (AvgIpc) is 2.64. The van der Waals surface area contributed by atoms with Gasteiger partial charge in [0.1, 0.15) is 0 Å². The van der Waals surface area contributed by atoms with Gasteiger partial charge in [-0.25, -0.2) is 0 Å². The Morgan fingerprint density at radius 2 is 2.18 bits per heavy atom. The molecule has 0 radical (unpaired) electrons. The fourth-order valence-corrected chi connectivity index (χ4v) is 2.91. The predicted octanol–water partition coefficient (Wildman–Crippen LogP) is 2.93. The third-order valence-corrected chi connectivity index (χ3v) is 3.59. The SMILES string of the molecule is CC(C)(CC(=O)O)c1ccc2c(c1Br)OCO2. The molecule has 1 aliphatic heterocycles. The second kappa shape index (κ2) is 4.22. The van der Waals surface area contributed by atoms with Crippen LogP contribution in [0.2, 0.25) is 0 Å². The fraction of sp³-hybridized carbons (Fsp3) is 0.417. The molecule has 5 heteroatoms. The lowest BCUT2D eigenvalue weighted by Gasteiger charge is -2.24. The Balaban J connectivity index is 2.43. The maximum Gasteiger partial charge on any atom is 0.304 e. The first-order valence-corrected chi connectivity index (χ1v) is 6.01. The summed E-state index contributed by atoms with van der Waals surface area (Å²) < 4.78 is 11.4. The maximum absolute atomic E-state index is 10.9. The highest BCUT2D eigenvalue weighted by atomic mass is 79.9. The fourth-order valence-electron chi connectivity index (χ4n) is 1.93. The van der Waals surface area contributed by atoms with Gasteiger partial charge in [0.05, 0.1) is 10.9 Å². The number of carbonyl (C=O) groups is 1. The summed E-state index contributed by atoms with van der Waals surface area (Å²) in [5.41, 5.74) is 0.440. The van der Waals surface area contributed by atoms with Crippen LogP contribution in [0, 0.1) is 0 Å². The second-order valence-electron chi connectivity index (χ2n) is 4.62. The van der Waals surface area contributed by atoms with E-state index in [-0.39, 0.29) is 13.2 Å². The Kier molecular flexibility index (Phi) is 3.03. The van der Waals surface area contributed by atoms with E-state index in [1.165, 1.54) is 0 Å². The van der Waals surface area contributed by atoms with E-state index in [1.807, 2.05) is 26.0 Å². The molecule has 0 saturated heterocycles. The van der Waals surface area contributed by atoms with E-state index >= 15 is 0 Å². The maximum atomic E-state index is 10.9. The Morgan fingerprint density at radius 3 is 2.82 bits per heavy atom. The van der Waals surface area contributed by atoms with Gasteiger partial charge in [0.25, 0.3) is 0 Å². The van der Waals surface area contributed by atoms with E-state index in [0.29, 0.717) is 11.5 Å². The van der Waals surface area contributed by atoms with Gasteiger partial charge in [-0.15, -0.1) is 0 Å². The van der Waals surface area contributed by atoms with Crippen LogP contribution in [0.1, 0.15) is 25.8 Å². The molecule has 1 aliphatic rings. The van der Waals surface area contributed by atoms with E-state index in [0.717, 1.165) is 10.0 Å². The molecule has 0 amide bonds. The summed E-state index contributed by atoms with van der Waals surface area (Å²) in [5.74, 6) is 0.521. The topological polar surface area (TPSA) is 55.8 Å². The molecule has 0 bridgehead atoms. The van der Waals surface area contributed by atoms with Gasteiger partial charge in [-0.05, 0) is 27.6 Å². The standard InChI is InChI=1S/C12H13BrO4/c1-12(2,5-9(14)15)7-3-4-8-11(10(7)13)17-6-16-8/h3-4H,5-6H2,1-2H3,(H,14,15). The minimum atomic E-state index is -0.820. The third kappa shape index (κ3) is 2.24. The van der Waals surface area contributed by atoms with Crippen molar-refractivity contribution in [2.24, 2.45) is 0 Å². The summed E-state index contributed by atoms with van der Waals surface area (Å²) in [7, 11) is 0. The van der Waals surface area contributed by atoms with Crippen molar-refractivity contribution in [3.8, 4) is 11.5 Å². The van der Waals surface area contributed by atoms with Crippen LogP contribution >= 0.6 is 15.9 Å². The first-order chi connectivity index (χ1) is 7.92. The quantitative estimate of drug-likeness (QED) is 0.932. The molecule has 2 rings (SSSR count). The number of benzene rings is 1. The van der Waals surface area contributed by atoms with Gasteiger partial charge in [-0.1, -0.05) is 19.9 Å². The number of aliphatic carboxylic acids is 1. The molecule has 0 fully saturated rings. The Labute approximate surface area is 108 Å². The second-order valence-corrected chi connectivity index (χ2v) is 5.41. The molecule has 1 aromatic carbocycles. The molecule has 0 saturated carbocycles. The zero-order valence-corrected chi connectivity index (χ0v) is 11.2. The van der Waals surface area contributed by atoms with Crippen LogP contribution in [0.5, 0.6) is 11.5 Å². The summed E-state index contributed by atoms with van der Waals surface area (Å²) in [6.45, 7) is 3.99. The number of carboxylic acids is 1. The summed E-state index contributed by atoms with van der Waals surface area (Å²) in [6.07, 6.45) is 0.0608. The summed E-state index contributed by atoms with van der Waals surface area (Å²) >= 11 is 3.46. The normalized spacial score (nSPS) is 13.8. The van der Waals surface area contributed by atoms with Gasteiger partial charge < -0.3 is 14.6 Å². The van der Waals surface area contributed by atoms with E-state index in [1.54, 1.807) is 0 Å². The summed E-state index contributed by atoms with van der Waals surface area (Å²) in [6, 6.07) is 3.69. The largest absolute Gasteiger partial charge is 0.481 e. The number of hydrogen-bond acceptors (Lipinski definition) is 3. The number of carboxylic acid groups (broad SMARTS) is 1. The monoisotopic (exact) mass is 300 g/mol.